The Morgan fingerprint density at radius 3 is 1.22 bits per heavy atom. The fourth-order valence-corrected chi connectivity index (χ4v) is 3.63. The van der Waals surface area contributed by atoms with Crippen LogP contribution in [0.2, 0.25) is 0 Å². The lowest BCUT2D eigenvalue weighted by Crippen LogP contribution is -2.43. The number of aliphatic hydroxyl groups excluding tert-OH is 2. The average molecular weight is 573 g/mol. The fraction of sp³-hybridized carbons (Fsp3) is 0.308. The first kappa shape index (κ1) is 30.7. The zero-order chi connectivity index (χ0) is 29.8. The number of hydrogen-bond donors (Lipinski definition) is 2. The van der Waals surface area contributed by atoms with Gasteiger partial charge in [0, 0.05) is 56.0 Å². The minimum absolute atomic E-state index is 0.0607. The molecule has 3 rings (SSSR count). The molecule has 3 aromatic carbocycles. The van der Waals surface area contributed by atoms with Gasteiger partial charge in [0.25, 0.3) is 17.1 Å². The van der Waals surface area contributed by atoms with Crippen molar-refractivity contribution < 1.29 is 39.2 Å². The molecule has 2 atom stereocenters. The Balaban J connectivity index is 1.55. The number of nitro groups is 3. The molecule has 0 amide bonds. The summed E-state index contributed by atoms with van der Waals surface area (Å²) in [5.74, 6) is 1.07. The standard InChI is InChI=1S/C26H28N4O11/c31-22(17-40-25-9-3-20(4-10-25)29(35)36)15-27(13-14-39-24-7-1-19(2-8-24)28(33)34)16-23(32)18-41-26-11-5-21(6-12-26)30(37)38/h1-12,22-23,31-32H,13-18H2. The maximum absolute atomic E-state index is 10.8. The molecule has 0 fully saturated rings. The van der Waals surface area contributed by atoms with Crippen LogP contribution >= 0.6 is 0 Å². The third-order valence-electron chi connectivity index (χ3n) is 5.64. The second-order valence-corrected chi connectivity index (χ2v) is 8.79. The molecule has 0 saturated heterocycles. The van der Waals surface area contributed by atoms with Gasteiger partial charge in [-0.2, -0.15) is 0 Å². The number of nitro benzene ring substituents is 3. The van der Waals surface area contributed by atoms with Crippen molar-refractivity contribution >= 4 is 17.1 Å². The molecular formula is C26H28N4O11. The van der Waals surface area contributed by atoms with Crippen molar-refractivity contribution in [2.45, 2.75) is 12.2 Å². The molecule has 2 unspecified atom stereocenters. The summed E-state index contributed by atoms with van der Waals surface area (Å²) in [5.41, 5.74) is -0.268. The molecule has 15 heteroatoms. The van der Waals surface area contributed by atoms with Gasteiger partial charge in [-0.3, -0.25) is 35.2 Å². The lowest BCUT2D eigenvalue weighted by atomic mass is 10.2. The van der Waals surface area contributed by atoms with E-state index in [9.17, 15) is 40.6 Å². The van der Waals surface area contributed by atoms with Gasteiger partial charge in [-0.1, -0.05) is 0 Å². The van der Waals surface area contributed by atoms with E-state index >= 15 is 0 Å². The van der Waals surface area contributed by atoms with E-state index in [-0.39, 0.29) is 56.5 Å². The van der Waals surface area contributed by atoms with Crippen molar-refractivity contribution in [3.8, 4) is 17.2 Å². The lowest BCUT2D eigenvalue weighted by molar-refractivity contribution is -0.385. The van der Waals surface area contributed by atoms with E-state index in [1.807, 2.05) is 0 Å². The summed E-state index contributed by atoms with van der Waals surface area (Å²) in [7, 11) is 0. The highest BCUT2D eigenvalue weighted by molar-refractivity contribution is 5.37. The van der Waals surface area contributed by atoms with Gasteiger partial charge in [-0.05, 0) is 36.4 Å². The number of ether oxygens (including phenoxy) is 3. The zero-order valence-electron chi connectivity index (χ0n) is 21.7. The lowest BCUT2D eigenvalue weighted by Gasteiger charge is -2.27. The Labute approximate surface area is 233 Å². The van der Waals surface area contributed by atoms with Crippen LogP contribution in [0.15, 0.2) is 72.8 Å². The summed E-state index contributed by atoms with van der Waals surface area (Å²) in [4.78, 5) is 32.5. The Bertz CT molecular complexity index is 1220. The van der Waals surface area contributed by atoms with Gasteiger partial charge in [0.1, 0.15) is 49.3 Å². The van der Waals surface area contributed by atoms with Crippen LogP contribution in [0.5, 0.6) is 17.2 Å². The maximum atomic E-state index is 10.8. The average Bonchev–Trinajstić information content (AvgIpc) is 2.95. The molecule has 0 aromatic heterocycles. The minimum Gasteiger partial charge on any atom is -0.492 e. The van der Waals surface area contributed by atoms with Crippen LogP contribution in [-0.2, 0) is 0 Å². The Morgan fingerprint density at radius 2 is 0.902 bits per heavy atom. The molecule has 41 heavy (non-hydrogen) atoms. The van der Waals surface area contributed by atoms with Crippen molar-refractivity contribution in [1.29, 1.82) is 0 Å². The topological polar surface area (TPSA) is 201 Å². The molecule has 0 aliphatic heterocycles. The Morgan fingerprint density at radius 1 is 0.585 bits per heavy atom. The molecule has 0 saturated carbocycles. The second-order valence-electron chi connectivity index (χ2n) is 8.79. The molecule has 218 valence electrons. The van der Waals surface area contributed by atoms with E-state index in [4.69, 9.17) is 14.2 Å². The first-order chi connectivity index (χ1) is 19.6. The van der Waals surface area contributed by atoms with Crippen molar-refractivity contribution in [3.05, 3.63) is 103 Å². The number of nitrogens with zero attached hydrogens (tertiary/aromatic N) is 4. The van der Waals surface area contributed by atoms with Crippen LogP contribution in [0.3, 0.4) is 0 Å². The van der Waals surface area contributed by atoms with Gasteiger partial charge in [0.15, 0.2) is 0 Å². The maximum Gasteiger partial charge on any atom is 0.269 e. The molecule has 0 aliphatic carbocycles. The van der Waals surface area contributed by atoms with Crippen LogP contribution in [0, 0.1) is 30.3 Å². The first-order valence-corrected chi connectivity index (χ1v) is 12.3. The van der Waals surface area contributed by atoms with Gasteiger partial charge >= 0.3 is 0 Å². The highest BCUT2D eigenvalue weighted by Crippen LogP contribution is 2.19. The number of aliphatic hydroxyl groups is 2. The van der Waals surface area contributed by atoms with Gasteiger partial charge < -0.3 is 24.4 Å². The zero-order valence-corrected chi connectivity index (χ0v) is 21.7. The largest absolute Gasteiger partial charge is 0.492 e. The molecule has 0 aliphatic rings. The Kier molecular flexibility index (Phi) is 11.3. The smallest absolute Gasteiger partial charge is 0.269 e. The van der Waals surface area contributed by atoms with Gasteiger partial charge in [0.2, 0.25) is 0 Å². The van der Waals surface area contributed by atoms with Crippen LogP contribution in [0.4, 0.5) is 17.1 Å². The summed E-state index contributed by atoms with van der Waals surface area (Å²) in [6.45, 7) is 0.236. The number of hydrogen-bond acceptors (Lipinski definition) is 12. The summed E-state index contributed by atoms with van der Waals surface area (Å²) in [5, 5.41) is 53.6. The molecule has 0 radical (unpaired) electrons. The van der Waals surface area contributed by atoms with E-state index in [1.165, 1.54) is 72.8 Å². The van der Waals surface area contributed by atoms with E-state index < -0.39 is 27.0 Å². The van der Waals surface area contributed by atoms with Crippen LogP contribution in [-0.4, -0.2) is 81.5 Å². The minimum atomic E-state index is -1.01. The van der Waals surface area contributed by atoms with E-state index in [0.29, 0.717) is 17.2 Å². The Hall–Kier alpha value is -4.86. The third kappa shape index (κ3) is 10.3. The van der Waals surface area contributed by atoms with Crippen molar-refractivity contribution in [1.82, 2.24) is 4.90 Å². The molecular weight excluding hydrogens is 544 g/mol. The van der Waals surface area contributed by atoms with Crippen molar-refractivity contribution in [2.24, 2.45) is 0 Å². The van der Waals surface area contributed by atoms with Crippen LogP contribution in [0.1, 0.15) is 0 Å². The first-order valence-electron chi connectivity index (χ1n) is 12.3. The van der Waals surface area contributed by atoms with E-state index in [0.717, 1.165) is 0 Å². The molecule has 0 spiro atoms. The van der Waals surface area contributed by atoms with Crippen molar-refractivity contribution in [3.63, 3.8) is 0 Å². The van der Waals surface area contributed by atoms with E-state index in [1.54, 1.807) is 4.90 Å². The molecule has 0 heterocycles. The third-order valence-corrected chi connectivity index (χ3v) is 5.64. The fourth-order valence-electron chi connectivity index (χ4n) is 3.63. The quantitative estimate of drug-likeness (QED) is 0.177. The number of benzene rings is 3. The van der Waals surface area contributed by atoms with Crippen LogP contribution < -0.4 is 14.2 Å². The molecule has 0 bridgehead atoms. The summed E-state index contributed by atoms with van der Waals surface area (Å²) < 4.78 is 16.7. The predicted molar refractivity (Wildman–Crippen MR) is 144 cm³/mol. The molecule has 2 N–H and O–H groups in total. The predicted octanol–water partition coefficient (Wildman–Crippen LogP) is 2.97. The number of rotatable bonds is 17. The highest BCUT2D eigenvalue weighted by Gasteiger charge is 2.18. The van der Waals surface area contributed by atoms with Gasteiger partial charge in [-0.25, -0.2) is 0 Å². The van der Waals surface area contributed by atoms with Gasteiger partial charge in [-0.15, -0.1) is 0 Å². The van der Waals surface area contributed by atoms with E-state index in [2.05, 4.69) is 0 Å². The van der Waals surface area contributed by atoms with Gasteiger partial charge in [0.05, 0.1) is 14.8 Å². The second kappa shape index (κ2) is 15.1. The normalized spacial score (nSPS) is 12.4. The van der Waals surface area contributed by atoms with Crippen molar-refractivity contribution in [2.75, 3.05) is 39.5 Å². The highest BCUT2D eigenvalue weighted by atomic mass is 16.6. The molecule has 3 aromatic rings. The number of non-ortho nitro benzene ring substituents is 3. The summed E-state index contributed by atoms with van der Waals surface area (Å²) in [6.07, 6.45) is -2.01. The van der Waals surface area contributed by atoms with Crippen LogP contribution in [0.25, 0.3) is 0 Å². The summed E-state index contributed by atoms with van der Waals surface area (Å²) >= 11 is 0. The SMILES string of the molecule is O=[N+]([O-])c1ccc(OCCN(CC(O)COc2ccc([N+](=O)[O-])cc2)CC(O)COc2ccc([N+](=O)[O-])cc2)cc1. The molecule has 15 nitrogen and oxygen atoms in total. The monoisotopic (exact) mass is 572 g/mol. The summed E-state index contributed by atoms with van der Waals surface area (Å²) in [6, 6.07) is 16.3.